The summed E-state index contributed by atoms with van der Waals surface area (Å²) < 4.78 is 1.58. The number of aryl methyl sites for hydroxylation is 2. The average Bonchev–Trinajstić information content (AvgIpc) is 2.80. The Hall–Kier alpha value is -2.36. The Kier molecular flexibility index (Phi) is 2.71. The van der Waals surface area contributed by atoms with Crippen LogP contribution in [0.1, 0.15) is 18.3 Å². The van der Waals surface area contributed by atoms with Crippen LogP contribution in [0.4, 0.5) is 0 Å². The molecule has 1 N–H and O–H groups in total. The highest BCUT2D eigenvalue weighted by atomic mass is 16.1. The van der Waals surface area contributed by atoms with E-state index in [1.165, 1.54) is 0 Å². The summed E-state index contributed by atoms with van der Waals surface area (Å²) in [5, 5.41) is 0. The van der Waals surface area contributed by atoms with E-state index in [9.17, 15) is 4.79 Å². The number of aromatic amines is 1. The molecule has 0 saturated carbocycles. The Morgan fingerprint density at radius 2 is 2.00 bits per heavy atom. The van der Waals surface area contributed by atoms with Crippen LogP contribution in [0.15, 0.2) is 41.3 Å². The zero-order valence-corrected chi connectivity index (χ0v) is 11.0. The summed E-state index contributed by atoms with van der Waals surface area (Å²) in [4.78, 5) is 20.3. The standard InChI is InChI=1S/C15H15N3O/c1-3-12-13(11-7-5-4-6-8-11)14(19)18-9-10(2)16-15(18)17-12/h4-9H,3H2,1-2H3,(H,16,17). The van der Waals surface area contributed by atoms with Crippen molar-refractivity contribution in [1.29, 1.82) is 0 Å². The fourth-order valence-corrected chi connectivity index (χ4v) is 2.34. The van der Waals surface area contributed by atoms with E-state index < -0.39 is 0 Å². The van der Waals surface area contributed by atoms with Gasteiger partial charge in [-0.25, -0.2) is 4.98 Å². The molecule has 2 aromatic heterocycles. The molecule has 0 aliphatic heterocycles. The van der Waals surface area contributed by atoms with Gasteiger partial charge >= 0.3 is 0 Å². The third-order valence-electron chi connectivity index (χ3n) is 3.22. The quantitative estimate of drug-likeness (QED) is 0.763. The number of nitrogens with zero attached hydrogens (tertiary/aromatic N) is 2. The summed E-state index contributed by atoms with van der Waals surface area (Å²) >= 11 is 0. The highest BCUT2D eigenvalue weighted by molar-refractivity contribution is 5.66. The van der Waals surface area contributed by atoms with E-state index in [1.807, 2.05) is 44.2 Å². The van der Waals surface area contributed by atoms with Crippen LogP contribution in [0.2, 0.25) is 0 Å². The van der Waals surface area contributed by atoms with Gasteiger partial charge in [0.2, 0.25) is 5.78 Å². The van der Waals surface area contributed by atoms with Crippen LogP contribution in [0, 0.1) is 6.92 Å². The van der Waals surface area contributed by atoms with Crippen LogP contribution in [0.3, 0.4) is 0 Å². The smallest absolute Gasteiger partial charge is 0.267 e. The van der Waals surface area contributed by atoms with Gasteiger partial charge in [0, 0.05) is 11.9 Å². The molecule has 0 spiro atoms. The normalized spacial score (nSPS) is 11.1. The summed E-state index contributed by atoms with van der Waals surface area (Å²) in [5.74, 6) is 0.610. The maximum absolute atomic E-state index is 12.6. The minimum atomic E-state index is -0.0163. The predicted octanol–water partition coefficient (Wildman–Crippen LogP) is 2.56. The van der Waals surface area contributed by atoms with Crippen molar-refractivity contribution < 1.29 is 0 Å². The summed E-state index contributed by atoms with van der Waals surface area (Å²) in [6.45, 7) is 3.93. The number of rotatable bonds is 2. The molecule has 0 fully saturated rings. The van der Waals surface area contributed by atoms with E-state index >= 15 is 0 Å². The molecule has 3 rings (SSSR count). The Morgan fingerprint density at radius 3 is 2.68 bits per heavy atom. The fourth-order valence-electron chi connectivity index (χ4n) is 2.34. The number of hydrogen-bond donors (Lipinski definition) is 1. The molecular formula is C15H15N3O. The van der Waals surface area contributed by atoms with Crippen LogP contribution in [0.25, 0.3) is 16.9 Å². The van der Waals surface area contributed by atoms with E-state index in [0.29, 0.717) is 11.3 Å². The van der Waals surface area contributed by atoms with E-state index in [0.717, 1.165) is 23.4 Å². The zero-order valence-electron chi connectivity index (χ0n) is 11.0. The van der Waals surface area contributed by atoms with Crippen molar-refractivity contribution in [3.63, 3.8) is 0 Å². The van der Waals surface area contributed by atoms with Crippen LogP contribution < -0.4 is 5.56 Å². The van der Waals surface area contributed by atoms with Crippen molar-refractivity contribution in [2.24, 2.45) is 0 Å². The molecule has 1 aromatic carbocycles. The SMILES string of the molecule is CCc1nc2[nH]c(C)cn2c(=O)c1-c1ccccc1. The van der Waals surface area contributed by atoms with Crippen LogP contribution >= 0.6 is 0 Å². The average molecular weight is 253 g/mol. The maximum atomic E-state index is 12.6. The highest BCUT2D eigenvalue weighted by Gasteiger charge is 2.14. The summed E-state index contributed by atoms with van der Waals surface area (Å²) in [6, 6.07) is 9.71. The first kappa shape index (κ1) is 11.7. The third-order valence-corrected chi connectivity index (χ3v) is 3.22. The minimum Gasteiger partial charge on any atom is -0.328 e. The molecule has 19 heavy (non-hydrogen) atoms. The summed E-state index contributed by atoms with van der Waals surface area (Å²) in [7, 11) is 0. The largest absolute Gasteiger partial charge is 0.328 e. The van der Waals surface area contributed by atoms with Gasteiger partial charge in [0.25, 0.3) is 5.56 Å². The van der Waals surface area contributed by atoms with Gasteiger partial charge in [-0.15, -0.1) is 0 Å². The lowest BCUT2D eigenvalue weighted by Crippen LogP contribution is -2.18. The van der Waals surface area contributed by atoms with E-state index in [2.05, 4.69) is 9.97 Å². The maximum Gasteiger partial charge on any atom is 0.267 e. The molecule has 4 nitrogen and oxygen atoms in total. The first-order chi connectivity index (χ1) is 9.20. The molecule has 96 valence electrons. The molecule has 0 unspecified atom stereocenters. The molecule has 0 saturated heterocycles. The van der Waals surface area contributed by atoms with E-state index in [1.54, 1.807) is 10.6 Å². The first-order valence-corrected chi connectivity index (χ1v) is 6.37. The first-order valence-electron chi connectivity index (χ1n) is 6.37. The molecule has 0 radical (unpaired) electrons. The van der Waals surface area contributed by atoms with Gasteiger partial charge < -0.3 is 4.98 Å². The van der Waals surface area contributed by atoms with E-state index in [4.69, 9.17) is 0 Å². The molecular weight excluding hydrogens is 238 g/mol. The Balaban J connectivity index is 2.40. The fraction of sp³-hybridized carbons (Fsp3) is 0.200. The Bertz CT molecular complexity index is 784. The van der Waals surface area contributed by atoms with Crippen molar-refractivity contribution in [1.82, 2.24) is 14.4 Å². The Labute approximate surface area is 110 Å². The molecule has 0 atom stereocenters. The van der Waals surface area contributed by atoms with Gasteiger partial charge in [-0.1, -0.05) is 37.3 Å². The number of hydrogen-bond acceptors (Lipinski definition) is 2. The summed E-state index contributed by atoms with van der Waals surface area (Å²) in [5.41, 5.74) is 3.36. The number of aromatic nitrogens is 3. The molecule has 0 aliphatic carbocycles. The van der Waals surface area contributed by atoms with Crippen molar-refractivity contribution in [2.45, 2.75) is 20.3 Å². The zero-order chi connectivity index (χ0) is 13.4. The molecule has 3 aromatic rings. The molecule has 4 heteroatoms. The van der Waals surface area contributed by atoms with E-state index in [-0.39, 0.29) is 5.56 Å². The Morgan fingerprint density at radius 1 is 1.26 bits per heavy atom. The monoisotopic (exact) mass is 253 g/mol. The summed E-state index contributed by atoms with van der Waals surface area (Å²) in [6.07, 6.45) is 2.52. The second kappa shape index (κ2) is 4.39. The van der Waals surface area contributed by atoms with Gasteiger partial charge in [-0.3, -0.25) is 9.20 Å². The van der Waals surface area contributed by atoms with Crippen molar-refractivity contribution in [2.75, 3.05) is 0 Å². The van der Waals surface area contributed by atoms with Crippen LogP contribution in [0.5, 0.6) is 0 Å². The van der Waals surface area contributed by atoms with Crippen molar-refractivity contribution >= 4 is 5.78 Å². The highest BCUT2D eigenvalue weighted by Crippen LogP contribution is 2.19. The number of H-pyrrole nitrogens is 1. The van der Waals surface area contributed by atoms with Gasteiger partial charge in [0.05, 0.1) is 11.3 Å². The minimum absolute atomic E-state index is 0.0163. The molecule has 0 amide bonds. The van der Waals surface area contributed by atoms with Crippen LogP contribution in [-0.2, 0) is 6.42 Å². The second-order valence-corrected chi connectivity index (χ2v) is 4.59. The topological polar surface area (TPSA) is 50.2 Å². The molecule has 0 aliphatic rings. The van der Waals surface area contributed by atoms with Gasteiger partial charge in [0.15, 0.2) is 0 Å². The number of nitrogens with one attached hydrogen (secondary N) is 1. The lowest BCUT2D eigenvalue weighted by molar-refractivity contribution is 0.972. The van der Waals surface area contributed by atoms with Crippen molar-refractivity contribution in [3.05, 3.63) is 58.3 Å². The third kappa shape index (κ3) is 1.85. The number of imidazole rings is 1. The van der Waals surface area contributed by atoms with Gasteiger partial charge in [-0.2, -0.15) is 0 Å². The van der Waals surface area contributed by atoms with Gasteiger partial charge in [0.1, 0.15) is 0 Å². The predicted molar refractivity (Wildman–Crippen MR) is 75.4 cm³/mol. The molecule has 2 heterocycles. The lowest BCUT2D eigenvalue weighted by Gasteiger charge is -2.07. The van der Waals surface area contributed by atoms with Gasteiger partial charge in [-0.05, 0) is 18.9 Å². The lowest BCUT2D eigenvalue weighted by atomic mass is 10.0. The second-order valence-electron chi connectivity index (χ2n) is 4.59. The number of fused-ring (bicyclic) bond motifs is 1. The molecule has 0 bridgehead atoms. The van der Waals surface area contributed by atoms with Crippen LogP contribution in [-0.4, -0.2) is 14.4 Å². The number of benzene rings is 1. The van der Waals surface area contributed by atoms with Crippen molar-refractivity contribution in [3.8, 4) is 11.1 Å².